The molecule has 3 atom stereocenters. The van der Waals surface area contributed by atoms with Gasteiger partial charge in [0.25, 0.3) is 11.5 Å². The molecule has 0 saturated carbocycles. The van der Waals surface area contributed by atoms with Crippen LogP contribution in [0, 0.1) is 6.92 Å². The van der Waals surface area contributed by atoms with Gasteiger partial charge in [0.2, 0.25) is 5.95 Å². The van der Waals surface area contributed by atoms with Gasteiger partial charge >= 0.3 is 0 Å². The van der Waals surface area contributed by atoms with E-state index in [2.05, 4.69) is 10.3 Å². The predicted octanol–water partition coefficient (Wildman–Crippen LogP) is 5.48. The van der Waals surface area contributed by atoms with E-state index in [1.807, 2.05) is 84.9 Å². The van der Waals surface area contributed by atoms with Crippen molar-refractivity contribution in [2.75, 3.05) is 26.1 Å². The predicted molar refractivity (Wildman–Crippen MR) is 180 cm³/mol. The molecule has 4 aromatic carbocycles. The monoisotopic (exact) mass is 647 g/mol. The Morgan fingerprint density at radius 3 is 1.98 bits per heavy atom. The summed E-state index contributed by atoms with van der Waals surface area (Å²) in [5.74, 6) is 1.000. The molecule has 10 heteroatoms. The average Bonchev–Trinajstić information content (AvgIpc) is 3.51. The van der Waals surface area contributed by atoms with E-state index < -0.39 is 35.5 Å². The molecule has 48 heavy (non-hydrogen) atoms. The van der Waals surface area contributed by atoms with Crippen LogP contribution in [0.25, 0.3) is 0 Å². The summed E-state index contributed by atoms with van der Waals surface area (Å²) >= 11 is 0. The number of ether oxygens (including phenoxy) is 4. The quantitative estimate of drug-likeness (QED) is 0.181. The van der Waals surface area contributed by atoms with Gasteiger partial charge in [0, 0.05) is 23.7 Å². The van der Waals surface area contributed by atoms with E-state index in [1.54, 1.807) is 56.2 Å². The summed E-state index contributed by atoms with van der Waals surface area (Å²) < 4.78 is 25.8. The fraction of sp³-hybridized carbons (Fsp3) is 0.237. The molecule has 0 spiro atoms. The Labute approximate surface area is 278 Å². The molecule has 1 aliphatic heterocycles. The number of carbonyl (C=O) groups is 1. The van der Waals surface area contributed by atoms with Gasteiger partial charge in [-0.25, -0.2) is 0 Å². The fourth-order valence-electron chi connectivity index (χ4n) is 5.96. The standard InChI is InChI=1S/C38H37N3O7/c1-25-23-41(37(39-35(25)43)40-36(44)26-10-6-4-7-11-26)34-22-32(42)33(48-34)24-47-38(27-12-8-5-9-13-27,28-14-18-30(45-2)19-15-28)29-16-20-31(46-3)21-17-29/h4-21,23,32-34,42H,22,24H2,1-3H3,(H,39,40,43,44)/t32-,33+,34+/m0/s1. The molecule has 2 N–H and O–H groups in total. The largest absolute Gasteiger partial charge is 0.497 e. The highest BCUT2D eigenvalue weighted by atomic mass is 16.6. The first-order chi connectivity index (χ1) is 23.3. The Hall–Kier alpha value is -5.29. The van der Waals surface area contributed by atoms with Crippen LogP contribution >= 0.6 is 0 Å². The molecule has 6 rings (SSSR count). The van der Waals surface area contributed by atoms with Crippen LogP contribution in [-0.4, -0.2) is 53.6 Å². The second-order valence-electron chi connectivity index (χ2n) is 11.5. The fourth-order valence-corrected chi connectivity index (χ4v) is 5.96. The van der Waals surface area contributed by atoms with Gasteiger partial charge in [0.15, 0.2) is 0 Å². The summed E-state index contributed by atoms with van der Waals surface area (Å²) in [4.78, 5) is 29.7. The molecule has 1 aliphatic rings. The number of hydrogen-bond acceptors (Lipinski definition) is 8. The first-order valence-corrected chi connectivity index (χ1v) is 15.6. The smallest absolute Gasteiger partial charge is 0.277 e. The second-order valence-corrected chi connectivity index (χ2v) is 11.5. The third kappa shape index (κ3) is 6.59. The van der Waals surface area contributed by atoms with Crippen LogP contribution in [0.3, 0.4) is 0 Å². The number of aliphatic hydroxyl groups excluding tert-OH is 1. The van der Waals surface area contributed by atoms with Gasteiger partial charge in [-0.05, 0) is 60.0 Å². The van der Waals surface area contributed by atoms with Gasteiger partial charge in [-0.3, -0.25) is 19.5 Å². The lowest BCUT2D eigenvalue weighted by Crippen LogP contribution is -2.38. The van der Waals surface area contributed by atoms with Crippen LogP contribution in [0.5, 0.6) is 11.5 Å². The van der Waals surface area contributed by atoms with E-state index in [0.29, 0.717) is 22.6 Å². The highest BCUT2D eigenvalue weighted by molar-refractivity contribution is 6.03. The Bertz CT molecular complexity index is 1850. The Morgan fingerprint density at radius 1 is 0.875 bits per heavy atom. The van der Waals surface area contributed by atoms with Crippen molar-refractivity contribution < 1.29 is 28.8 Å². The molecule has 246 valence electrons. The number of carbonyl (C=O) groups excluding carboxylic acids is 1. The third-order valence-corrected chi connectivity index (χ3v) is 8.54. The van der Waals surface area contributed by atoms with Crippen LogP contribution in [0.1, 0.15) is 45.3 Å². The molecular formula is C38H37N3O7. The number of nitrogens with one attached hydrogen (secondary N) is 1. The Kier molecular flexibility index (Phi) is 9.67. The zero-order valence-electron chi connectivity index (χ0n) is 26.9. The number of amides is 1. The molecular weight excluding hydrogens is 610 g/mol. The number of hydrogen-bond donors (Lipinski definition) is 2. The minimum Gasteiger partial charge on any atom is -0.497 e. The number of benzene rings is 4. The number of aryl methyl sites for hydroxylation is 1. The summed E-state index contributed by atoms with van der Waals surface area (Å²) in [6, 6.07) is 33.9. The van der Waals surface area contributed by atoms with Crippen molar-refractivity contribution in [1.82, 2.24) is 9.55 Å². The molecule has 0 aliphatic carbocycles. The normalized spacial score (nSPS) is 17.5. The van der Waals surface area contributed by atoms with Gasteiger partial charge in [-0.15, -0.1) is 0 Å². The van der Waals surface area contributed by atoms with E-state index in [1.165, 1.54) is 0 Å². The molecule has 0 radical (unpaired) electrons. The Morgan fingerprint density at radius 2 is 1.42 bits per heavy atom. The van der Waals surface area contributed by atoms with Crippen molar-refractivity contribution >= 4 is 11.9 Å². The summed E-state index contributed by atoms with van der Waals surface area (Å²) in [6.07, 6.45) is -0.658. The number of aromatic nitrogens is 2. The SMILES string of the molecule is COc1ccc(C(OC[C@H]2O[C@@H](n3cc(C)c(=O)nc3NC(=O)c3ccccc3)C[C@@H]2O)(c2ccccc2)c2ccc(OC)cc2)cc1. The van der Waals surface area contributed by atoms with E-state index in [0.717, 1.165) is 16.7 Å². The van der Waals surface area contributed by atoms with Crippen LogP contribution in [0.2, 0.25) is 0 Å². The number of anilines is 1. The maximum Gasteiger partial charge on any atom is 0.277 e. The van der Waals surface area contributed by atoms with Crippen molar-refractivity contribution in [3.05, 3.63) is 154 Å². The number of aliphatic hydroxyl groups is 1. The molecule has 2 heterocycles. The lowest BCUT2D eigenvalue weighted by atomic mass is 9.80. The van der Waals surface area contributed by atoms with Gasteiger partial charge in [-0.2, -0.15) is 4.98 Å². The number of methoxy groups -OCH3 is 2. The first-order valence-electron chi connectivity index (χ1n) is 15.6. The topological polar surface area (TPSA) is 121 Å². The van der Waals surface area contributed by atoms with Crippen molar-refractivity contribution in [3.63, 3.8) is 0 Å². The summed E-state index contributed by atoms with van der Waals surface area (Å²) in [5.41, 5.74) is 1.75. The van der Waals surface area contributed by atoms with Crippen molar-refractivity contribution in [3.8, 4) is 11.5 Å². The van der Waals surface area contributed by atoms with Crippen LogP contribution in [0.15, 0.2) is 120 Å². The molecule has 1 saturated heterocycles. The summed E-state index contributed by atoms with van der Waals surface area (Å²) in [7, 11) is 3.24. The number of nitrogens with zero attached hydrogens (tertiary/aromatic N) is 2. The maximum atomic E-state index is 13.0. The van der Waals surface area contributed by atoms with E-state index >= 15 is 0 Å². The van der Waals surface area contributed by atoms with Gasteiger partial charge in [-0.1, -0.05) is 72.8 Å². The lowest BCUT2D eigenvalue weighted by Gasteiger charge is -2.37. The van der Waals surface area contributed by atoms with Crippen LogP contribution in [-0.2, 0) is 15.1 Å². The zero-order valence-corrected chi connectivity index (χ0v) is 26.9. The first kappa shape index (κ1) is 32.6. The van der Waals surface area contributed by atoms with Crippen molar-refractivity contribution in [2.24, 2.45) is 0 Å². The molecule has 0 bridgehead atoms. The molecule has 10 nitrogen and oxygen atoms in total. The minimum atomic E-state index is -1.11. The van der Waals surface area contributed by atoms with Crippen molar-refractivity contribution in [1.29, 1.82) is 0 Å². The van der Waals surface area contributed by atoms with Crippen molar-refractivity contribution in [2.45, 2.75) is 37.4 Å². The molecule has 5 aromatic rings. The molecule has 0 unspecified atom stereocenters. The molecule has 1 aromatic heterocycles. The highest BCUT2D eigenvalue weighted by Crippen LogP contribution is 2.43. The third-order valence-electron chi connectivity index (χ3n) is 8.54. The van der Waals surface area contributed by atoms with Gasteiger partial charge in [0.05, 0.1) is 26.9 Å². The average molecular weight is 648 g/mol. The van der Waals surface area contributed by atoms with Gasteiger partial charge in [0.1, 0.15) is 29.4 Å². The van der Waals surface area contributed by atoms with Crippen LogP contribution in [0.4, 0.5) is 5.95 Å². The molecule has 1 fully saturated rings. The van der Waals surface area contributed by atoms with Crippen LogP contribution < -0.4 is 20.3 Å². The lowest BCUT2D eigenvalue weighted by molar-refractivity contribution is -0.0935. The van der Waals surface area contributed by atoms with E-state index in [4.69, 9.17) is 18.9 Å². The van der Waals surface area contributed by atoms with E-state index in [9.17, 15) is 14.7 Å². The van der Waals surface area contributed by atoms with Gasteiger partial charge < -0.3 is 24.1 Å². The maximum absolute atomic E-state index is 13.0. The minimum absolute atomic E-state index is 0.00291. The Balaban J connectivity index is 1.33. The van der Waals surface area contributed by atoms with E-state index in [-0.39, 0.29) is 19.0 Å². The number of rotatable bonds is 11. The summed E-state index contributed by atoms with van der Waals surface area (Å²) in [5, 5.41) is 14.1. The zero-order chi connectivity index (χ0) is 33.7. The molecule has 1 amide bonds. The summed E-state index contributed by atoms with van der Waals surface area (Å²) in [6.45, 7) is 1.64. The highest BCUT2D eigenvalue weighted by Gasteiger charge is 2.42. The second kappa shape index (κ2) is 14.2.